The summed E-state index contributed by atoms with van der Waals surface area (Å²) in [4.78, 5) is 4.69. The smallest absolute Gasteiger partial charge is 0.145 e. The lowest BCUT2D eigenvalue weighted by Gasteiger charge is -2.18. The van der Waals surface area contributed by atoms with Crippen LogP contribution in [0.1, 0.15) is 32.9 Å². The third-order valence-corrected chi connectivity index (χ3v) is 3.32. The predicted octanol–water partition coefficient (Wildman–Crippen LogP) is 3.77. The minimum atomic E-state index is 0.368. The fourth-order valence-electron chi connectivity index (χ4n) is 2.10. The molecule has 20 heavy (non-hydrogen) atoms. The largest absolute Gasteiger partial charge is 0.494 e. The second kappa shape index (κ2) is 6.23. The number of pyridine rings is 1. The van der Waals surface area contributed by atoms with E-state index in [1.54, 1.807) is 7.11 Å². The zero-order valence-electron chi connectivity index (χ0n) is 12.9. The van der Waals surface area contributed by atoms with Gasteiger partial charge in [0.15, 0.2) is 0 Å². The molecule has 0 saturated heterocycles. The highest BCUT2D eigenvalue weighted by Crippen LogP contribution is 2.23. The van der Waals surface area contributed by atoms with E-state index in [0.717, 1.165) is 41.9 Å². The first-order valence-electron chi connectivity index (χ1n) is 7.13. The molecule has 0 bridgehead atoms. The quantitative estimate of drug-likeness (QED) is 0.841. The van der Waals surface area contributed by atoms with Crippen molar-refractivity contribution in [3.8, 4) is 5.75 Å². The molecule has 0 amide bonds. The highest BCUT2D eigenvalue weighted by Gasteiger charge is 2.09. The van der Waals surface area contributed by atoms with E-state index < -0.39 is 0 Å². The summed E-state index contributed by atoms with van der Waals surface area (Å²) in [5.41, 5.74) is 2.36. The molecule has 0 radical (unpaired) electrons. The van der Waals surface area contributed by atoms with Gasteiger partial charge in [-0.05, 0) is 30.5 Å². The van der Waals surface area contributed by atoms with Crippen molar-refractivity contribution in [1.82, 2.24) is 10.3 Å². The normalized spacial score (nSPS) is 11.8. The molecule has 0 aliphatic rings. The van der Waals surface area contributed by atoms with Crippen LogP contribution in [0.25, 0.3) is 10.9 Å². The lowest BCUT2D eigenvalue weighted by molar-refractivity contribution is 0.366. The van der Waals surface area contributed by atoms with Crippen molar-refractivity contribution in [1.29, 1.82) is 0 Å². The molecule has 0 fully saturated rings. The average Bonchev–Trinajstić information content (AvgIpc) is 2.41. The Morgan fingerprint density at radius 1 is 1.15 bits per heavy atom. The van der Waals surface area contributed by atoms with Crippen LogP contribution in [0.5, 0.6) is 5.75 Å². The highest BCUT2D eigenvalue weighted by molar-refractivity contribution is 5.84. The average molecular weight is 272 g/mol. The Labute approximate surface area is 121 Å². The second-order valence-corrected chi connectivity index (χ2v) is 6.32. The summed E-state index contributed by atoms with van der Waals surface area (Å²) in [6.45, 7) is 8.58. The third-order valence-electron chi connectivity index (χ3n) is 3.32. The van der Waals surface area contributed by atoms with Crippen LogP contribution in [0.2, 0.25) is 0 Å². The molecule has 0 aliphatic heterocycles. The molecular weight excluding hydrogens is 248 g/mol. The fraction of sp³-hybridized carbons (Fsp3) is 0.471. The van der Waals surface area contributed by atoms with Crippen LogP contribution in [-0.2, 0) is 6.54 Å². The number of aromatic nitrogens is 1. The van der Waals surface area contributed by atoms with Crippen molar-refractivity contribution in [2.24, 2.45) is 5.41 Å². The van der Waals surface area contributed by atoms with Crippen LogP contribution >= 0.6 is 0 Å². The van der Waals surface area contributed by atoms with Crippen molar-refractivity contribution in [3.63, 3.8) is 0 Å². The zero-order valence-corrected chi connectivity index (χ0v) is 12.9. The molecule has 1 heterocycles. The number of nitrogens with zero attached hydrogens (tertiary/aromatic N) is 1. The van der Waals surface area contributed by atoms with E-state index in [2.05, 4.69) is 44.3 Å². The minimum absolute atomic E-state index is 0.368. The molecule has 1 N–H and O–H groups in total. The molecule has 2 rings (SSSR count). The maximum atomic E-state index is 5.37. The fourth-order valence-corrected chi connectivity index (χ4v) is 2.10. The zero-order chi connectivity index (χ0) is 14.6. The van der Waals surface area contributed by atoms with Gasteiger partial charge in [0.2, 0.25) is 0 Å². The maximum Gasteiger partial charge on any atom is 0.145 e. The Balaban J connectivity index is 2.04. The SMILES string of the molecule is COc1cccc2ccc(CNCCC(C)(C)C)nc12. The van der Waals surface area contributed by atoms with Crippen molar-refractivity contribution in [3.05, 3.63) is 36.0 Å². The first-order valence-corrected chi connectivity index (χ1v) is 7.13. The summed E-state index contributed by atoms with van der Waals surface area (Å²) in [5.74, 6) is 0.832. The Bertz CT molecular complexity index is 573. The van der Waals surface area contributed by atoms with Gasteiger partial charge in [-0.25, -0.2) is 4.98 Å². The molecule has 1 aromatic heterocycles. The van der Waals surface area contributed by atoms with Crippen molar-refractivity contribution >= 4 is 10.9 Å². The number of para-hydroxylation sites is 1. The number of hydrogen-bond donors (Lipinski definition) is 1. The van der Waals surface area contributed by atoms with Gasteiger partial charge in [0, 0.05) is 11.9 Å². The Kier molecular flexibility index (Phi) is 4.61. The van der Waals surface area contributed by atoms with Crippen LogP contribution < -0.4 is 10.1 Å². The van der Waals surface area contributed by atoms with E-state index in [4.69, 9.17) is 9.72 Å². The Morgan fingerprint density at radius 2 is 1.95 bits per heavy atom. The van der Waals surface area contributed by atoms with Gasteiger partial charge in [-0.2, -0.15) is 0 Å². The lowest BCUT2D eigenvalue weighted by Crippen LogP contribution is -2.20. The number of benzene rings is 1. The molecule has 2 aromatic rings. The molecule has 0 aliphatic carbocycles. The van der Waals surface area contributed by atoms with Crippen LogP contribution in [-0.4, -0.2) is 18.6 Å². The molecule has 0 atom stereocenters. The molecule has 0 saturated carbocycles. The molecule has 3 nitrogen and oxygen atoms in total. The van der Waals surface area contributed by atoms with E-state index in [-0.39, 0.29) is 0 Å². The van der Waals surface area contributed by atoms with Gasteiger partial charge < -0.3 is 10.1 Å². The number of fused-ring (bicyclic) bond motifs is 1. The highest BCUT2D eigenvalue weighted by atomic mass is 16.5. The summed E-state index contributed by atoms with van der Waals surface area (Å²) >= 11 is 0. The number of methoxy groups -OCH3 is 1. The van der Waals surface area contributed by atoms with Gasteiger partial charge in [0.05, 0.1) is 12.8 Å². The molecule has 3 heteroatoms. The van der Waals surface area contributed by atoms with Gasteiger partial charge in [-0.3, -0.25) is 0 Å². The van der Waals surface area contributed by atoms with Crippen molar-refractivity contribution < 1.29 is 4.74 Å². The van der Waals surface area contributed by atoms with E-state index in [9.17, 15) is 0 Å². The van der Waals surface area contributed by atoms with Crippen LogP contribution in [0.3, 0.4) is 0 Å². The van der Waals surface area contributed by atoms with E-state index in [1.165, 1.54) is 0 Å². The van der Waals surface area contributed by atoms with Crippen molar-refractivity contribution in [2.75, 3.05) is 13.7 Å². The second-order valence-electron chi connectivity index (χ2n) is 6.32. The third kappa shape index (κ3) is 3.94. The molecule has 108 valence electrons. The van der Waals surface area contributed by atoms with E-state index in [1.807, 2.05) is 12.1 Å². The van der Waals surface area contributed by atoms with Gasteiger partial charge in [-0.1, -0.05) is 39.0 Å². The summed E-state index contributed by atoms with van der Waals surface area (Å²) in [5, 5.41) is 4.57. The van der Waals surface area contributed by atoms with Gasteiger partial charge in [0.1, 0.15) is 11.3 Å². The predicted molar refractivity (Wildman–Crippen MR) is 84.1 cm³/mol. The minimum Gasteiger partial charge on any atom is -0.494 e. The standard InChI is InChI=1S/C17H24N2O/c1-17(2,3)10-11-18-12-14-9-8-13-6-5-7-15(20-4)16(13)19-14/h5-9,18H,10-12H2,1-4H3. The molecule has 0 spiro atoms. The van der Waals surface area contributed by atoms with E-state index >= 15 is 0 Å². The molecule has 0 unspecified atom stereocenters. The van der Waals surface area contributed by atoms with Crippen LogP contribution in [0.4, 0.5) is 0 Å². The number of nitrogens with one attached hydrogen (secondary N) is 1. The first kappa shape index (κ1) is 14.8. The summed E-state index contributed by atoms with van der Waals surface area (Å²) in [6, 6.07) is 10.2. The summed E-state index contributed by atoms with van der Waals surface area (Å²) in [6.07, 6.45) is 1.16. The first-order chi connectivity index (χ1) is 9.49. The van der Waals surface area contributed by atoms with Gasteiger partial charge in [-0.15, -0.1) is 0 Å². The monoisotopic (exact) mass is 272 g/mol. The summed E-state index contributed by atoms with van der Waals surface area (Å²) < 4.78 is 5.37. The topological polar surface area (TPSA) is 34.1 Å². The number of rotatable bonds is 5. The molecule has 1 aromatic carbocycles. The number of ether oxygens (including phenoxy) is 1. The van der Waals surface area contributed by atoms with Gasteiger partial charge in [0.25, 0.3) is 0 Å². The number of hydrogen-bond acceptors (Lipinski definition) is 3. The van der Waals surface area contributed by atoms with E-state index in [0.29, 0.717) is 5.41 Å². The molecular formula is C17H24N2O. The Hall–Kier alpha value is -1.61. The Morgan fingerprint density at radius 3 is 2.65 bits per heavy atom. The van der Waals surface area contributed by atoms with Crippen molar-refractivity contribution in [2.45, 2.75) is 33.7 Å². The van der Waals surface area contributed by atoms with Crippen LogP contribution in [0, 0.1) is 5.41 Å². The van der Waals surface area contributed by atoms with Gasteiger partial charge >= 0.3 is 0 Å². The summed E-state index contributed by atoms with van der Waals surface area (Å²) in [7, 11) is 1.69. The maximum absolute atomic E-state index is 5.37. The van der Waals surface area contributed by atoms with Crippen LogP contribution in [0.15, 0.2) is 30.3 Å². The lowest BCUT2D eigenvalue weighted by atomic mass is 9.92.